The van der Waals surface area contributed by atoms with Gasteiger partial charge in [0.05, 0.1) is 10.4 Å². The van der Waals surface area contributed by atoms with Gasteiger partial charge in [-0.25, -0.2) is 9.18 Å². The van der Waals surface area contributed by atoms with E-state index >= 15 is 0 Å². The highest BCUT2D eigenvalue weighted by atomic mass is 79.9. The van der Waals surface area contributed by atoms with Crippen molar-refractivity contribution < 1.29 is 18.7 Å². The summed E-state index contributed by atoms with van der Waals surface area (Å²) in [6.07, 6.45) is -2.89. The molecule has 0 saturated carbocycles. The van der Waals surface area contributed by atoms with Crippen molar-refractivity contribution in [1.82, 2.24) is 0 Å². The fourth-order valence-electron chi connectivity index (χ4n) is 2.11. The molecule has 2 aromatic carbocycles. The minimum atomic E-state index is -1.86. The number of carbonyl (C=O) groups is 2. The Labute approximate surface area is 142 Å². The molecule has 0 radical (unpaired) electrons. The lowest BCUT2D eigenvalue weighted by Crippen LogP contribution is -2.35. The summed E-state index contributed by atoms with van der Waals surface area (Å²) < 4.78 is 18.6. The Bertz CT molecular complexity index is 656. The van der Waals surface area contributed by atoms with E-state index in [1.165, 1.54) is 0 Å². The number of esters is 1. The van der Waals surface area contributed by atoms with Gasteiger partial charge >= 0.3 is 5.97 Å². The first-order valence-corrected chi connectivity index (χ1v) is 8.04. The molecule has 120 valence electrons. The van der Waals surface area contributed by atoms with Crippen LogP contribution in [0, 0.1) is 0 Å². The fourth-order valence-corrected chi connectivity index (χ4v) is 2.51. The Kier molecular flexibility index (Phi) is 6.04. The highest BCUT2D eigenvalue weighted by Gasteiger charge is 2.29. The maximum Gasteiger partial charge on any atom is 0.338 e. The van der Waals surface area contributed by atoms with E-state index in [1.807, 2.05) is 30.3 Å². The van der Waals surface area contributed by atoms with Crippen LogP contribution in [0.4, 0.5) is 4.39 Å². The third-order valence-corrected chi connectivity index (χ3v) is 3.89. The third kappa shape index (κ3) is 4.48. The summed E-state index contributed by atoms with van der Waals surface area (Å²) >= 11 is 3.15. The van der Waals surface area contributed by atoms with Gasteiger partial charge in [0.25, 0.3) is 0 Å². The third-order valence-electron chi connectivity index (χ3n) is 3.37. The number of carbonyl (C=O) groups excluding carboxylic acids is 2. The molecule has 0 unspecified atom stereocenters. The molecule has 0 aliphatic heterocycles. The quantitative estimate of drug-likeness (QED) is 0.429. The molecule has 0 fully saturated rings. The highest BCUT2D eigenvalue weighted by Crippen LogP contribution is 2.21. The van der Waals surface area contributed by atoms with Crippen LogP contribution in [-0.2, 0) is 9.53 Å². The standard InChI is InChI=1S/C18H16BrFO3/c1-12(19)17(16(20)11-21)23-18(22)15-9-7-14(8-10-15)13-5-3-2-4-6-13/h2-12,16-17H,1H3/t12-,16+,17+/m0/s1. The summed E-state index contributed by atoms with van der Waals surface area (Å²) in [4.78, 5) is 22.2. The largest absolute Gasteiger partial charge is 0.454 e. The molecular weight excluding hydrogens is 363 g/mol. The summed E-state index contributed by atoms with van der Waals surface area (Å²) in [6, 6.07) is 16.6. The summed E-state index contributed by atoms with van der Waals surface area (Å²) in [5.74, 6) is -0.662. The molecule has 2 aromatic rings. The van der Waals surface area contributed by atoms with E-state index in [0.29, 0.717) is 5.56 Å². The Morgan fingerprint density at radius 3 is 2.17 bits per heavy atom. The van der Waals surface area contributed by atoms with E-state index in [9.17, 15) is 14.0 Å². The average Bonchev–Trinajstić information content (AvgIpc) is 2.59. The number of alkyl halides is 2. The van der Waals surface area contributed by atoms with E-state index in [1.54, 1.807) is 31.2 Å². The molecule has 3 atom stereocenters. The molecule has 0 aliphatic carbocycles. The monoisotopic (exact) mass is 378 g/mol. The van der Waals surface area contributed by atoms with Crippen LogP contribution in [0.25, 0.3) is 11.1 Å². The zero-order valence-electron chi connectivity index (χ0n) is 12.5. The molecule has 0 heterocycles. The molecule has 0 amide bonds. The van der Waals surface area contributed by atoms with Crippen LogP contribution in [0.2, 0.25) is 0 Å². The fraction of sp³-hybridized carbons (Fsp3) is 0.222. The second-order valence-corrected chi connectivity index (χ2v) is 6.52. The van der Waals surface area contributed by atoms with E-state index in [2.05, 4.69) is 15.9 Å². The Hall–Kier alpha value is -2.01. The van der Waals surface area contributed by atoms with Crippen LogP contribution in [0.5, 0.6) is 0 Å². The van der Waals surface area contributed by atoms with Crippen molar-refractivity contribution in [3.05, 3.63) is 60.2 Å². The Morgan fingerprint density at radius 2 is 1.65 bits per heavy atom. The molecule has 2 rings (SSSR count). The van der Waals surface area contributed by atoms with Crippen molar-refractivity contribution in [1.29, 1.82) is 0 Å². The average molecular weight is 379 g/mol. The minimum Gasteiger partial charge on any atom is -0.454 e. The molecule has 0 N–H and O–H groups in total. The van der Waals surface area contributed by atoms with Crippen LogP contribution in [0.1, 0.15) is 17.3 Å². The van der Waals surface area contributed by atoms with Gasteiger partial charge in [0, 0.05) is 0 Å². The maximum atomic E-state index is 13.5. The molecule has 23 heavy (non-hydrogen) atoms. The van der Waals surface area contributed by atoms with Crippen molar-refractivity contribution in [2.75, 3.05) is 0 Å². The van der Waals surface area contributed by atoms with Crippen molar-refractivity contribution in [3.63, 3.8) is 0 Å². The number of hydrogen-bond donors (Lipinski definition) is 0. The van der Waals surface area contributed by atoms with Crippen molar-refractivity contribution in [3.8, 4) is 11.1 Å². The summed E-state index contributed by atoms with van der Waals surface area (Å²) in [7, 11) is 0. The summed E-state index contributed by atoms with van der Waals surface area (Å²) in [6.45, 7) is 1.62. The smallest absolute Gasteiger partial charge is 0.338 e. The molecule has 0 saturated heterocycles. The van der Waals surface area contributed by atoms with Crippen molar-refractivity contribution >= 4 is 28.2 Å². The number of rotatable bonds is 6. The molecule has 5 heteroatoms. The minimum absolute atomic E-state index is 0.133. The molecular formula is C18H16BrFO3. The van der Waals surface area contributed by atoms with E-state index in [-0.39, 0.29) is 6.29 Å². The summed E-state index contributed by atoms with van der Waals surface area (Å²) in [5, 5.41) is 0. The SMILES string of the molecule is C[C@H](Br)[C@@H](OC(=O)c1ccc(-c2ccccc2)cc1)[C@H](F)C=O. The molecule has 3 nitrogen and oxygen atoms in total. The number of benzene rings is 2. The van der Waals surface area contributed by atoms with E-state index < -0.39 is 23.1 Å². The lowest BCUT2D eigenvalue weighted by molar-refractivity contribution is -0.115. The second-order valence-electron chi connectivity index (χ2n) is 5.07. The number of hydrogen-bond acceptors (Lipinski definition) is 3. The predicted octanol–water partition coefficient (Wildman–Crippen LogP) is 4.20. The van der Waals surface area contributed by atoms with Crippen LogP contribution < -0.4 is 0 Å². The topological polar surface area (TPSA) is 43.4 Å². The Balaban J connectivity index is 2.12. The first-order valence-electron chi connectivity index (χ1n) is 7.13. The van der Waals surface area contributed by atoms with Crippen LogP contribution in [-0.4, -0.2) is 29.4 Å². The first-order chi connectivity index (χ1) is 11.0. The van der Waals surface area contributed by atoms with Gasteiger partial charge in [0.1, 0.15) is 0 Å². The van der Waals surface area contributed by atoms with Gasteiger partial charge < -0.3 is 4.74 Å². The lowest BCUT2D eigenvalue weighted by atomic mass is 10.0. The number of halogens is 2. The molecule has 0 aromatic heterocycles. The van der Waals surface area contributed by atoms with E-state index in [0.717, 1.165) is 11.1 Å². The van der Waals surface area contributed by atoms with Gasteiger partial charge in [-0.15, -0.1) is 0 Å². The molecule has 0 aliphatic rings. The first kappa shape index (κ1) is 17.3. The van der Waals surface area contributed by atoms with Crippen molar-refractivity contribution in [2.45, 2.75) is 24.0 Å². The van der Waals surface area contributed by atoms with Crippen LogP contribution >= 0.6 is 15.9 Å². The summed E-state index contributed by atoms with van der Waals surface area (Å²) in [5.41, 5.74) is 2.30. The van der Waals surface area contributed by atoms with Gasteiger partial charge in [0.15, 0.2) is 18.6 Å². The molecule has 0 bridgehead atoms. The lowest BCUT2D eigenvalue weighted by Gasteiger charge is -2.20. The Morgan fingerprint density at radius 1 is 1.09 bits per heavy atom. The number of aldehydes is 1. The zero-order chi connectivity index (χ0) is 16.8. The van der Waals surface area contributed by atoms with Crippen LogP contribution in [0.3, 0.4) is 0 Å². The zero-order valence-corrected chi connectivity index (χ0v) is 14.1. The second kappa shape index (κ2) is 8.02. The van der Waals surface area contributed by atoms with Gasteiger partial charge in [-0.3, -0.25) is 4.79 Å². The van der Waals surface area contributed by atoms with Crippen molar-refractivity contribution in [2.24, 2.45) is 0 Å². The van der Waals surface area contributed by atoms with Gasteiger partial charge in [-0.2, -0.15) is 0 Å². The number of ether oxygens (including phenoxy) is 1. The van der Waals surface area contributed by atoms with Crippen LogP contribution in [0.15, 0.2) is 54.6 Å². The normalized spacial score (nSPS) is 14.6. The van der Waals surface area contributed by atoms with Gasteiger partial charge in [-0.1, -0.05) is 58.4 Å². The predicted molar refractivity (Wildman–Crippen MR) is 90.4 cm³/mol. The maximum absolute atomic E-state index is 13.5. The van der Waals surface area contributed by atoms with E-state index in [4.69, 9.17) is 4.74 Å². The van der Waals surface area contributed by atoms with Gasteiger partial charge in [0.2, 0.25) is 0 Å². The highest BCUT2D eigenvalue weighted by molar-refractivity contribution is 9.09. The molecule has 0 spiro atoms. The van der Waals surface area contributed by atoms with Gasteiger partial charge in [-0.05, 0) is 30.2 Å².